The number of hydrogen-bond acceptors (Lipinski definition) is 7. The van der Waals surface area contributed by atoms with Gasteiger partial charge in [-0.2, -0.15) is 4.98 Å². The van der Waals surface area contributed by atoms with Gasteiger partial charge in [-0.25, -0.2) is 9.97 Å². The molecule has 0 aromatic carbocycles. The number of rotatable bonds is 6. The fourth-order valence-electron chi connectivity index (χ4n) is 3.04. The normalized spacial score (nSPS) is 16.7. The van der Waals surface area contributed by atoms with Crippen molar-refractivity contribution in [2.45, 2.75) is 32.7 Å². The number of ether oxygens (including phenoxy) is 2. The molecule has 2 aromatic rings. The van der Waals surface area contributed by atoms with Crippen LogP contribution in [0, 0.1) is 13.8 Å². The van der Waals surface area contributed by atoms with Crippen LogP contribution >= 0.6 is 0 Å². The number of nitrogens with one attached hydrogen (secondary N) is 2. The largest absolute Gasteiger partial charge is 0.481 e. The maximum Gasteiger partial charge on any atom is 0.224 e. The number of methoxy groups -OCH3 is 1. The Bertz CT molecular complexity index is 744. The van der Waals surface area contributed by atoms with Crippen LogP contribution in [0.3, 0.4) is 0 Å². The van der Waals surface area contributed by atoms with E-state index in [1.165, 1.54) is 0 Å². The van der Waals surface area contributed by atoms with E-state index in [4.69, 9.17) is 9.47 Å². The summed E-state index contributed by atoms with van der Waals surface area (Å²) in [6, 6.07) is 4.06. The van der Waals surface area contributed by atoms with Crippen molar-refractivity contribution in [3.63, 3.8) is 0 Å². The highest BCUT2D eigenvalue weighted by Crippen LogP contribution is 2.27. The average molecular weight is 343 g/mol. The number of pyridine rings is 1. The Labute approximate surface area is 148 Å². The van der Waals surface area contributed by atoms with Crippen molar-refractivity contribution in [1.82, 2.24) is 15.0 Å². The maximum absolute atomic E-state index is 5.49. The SMILES string of the molecule is CNc1nc(NCc2c(C)cc(C)nc2OC)cc(C2CCOC2)n1. The van der Waals surface area contributed by atoms with Gasteiger partial charge in [0.1, 0.15) is 5.82 Å². The van der Waals surface area contributed by atoms with Crippen LogP contribution in [-0.2, 0) is 11.3 Å². The van der Waals surface area contributed by atoms with Crippen LogP contribution in [-0.4, -0.2) is 42.3 Å². The molecule has 1 atom stereocenters. The van der Waals surface area contributed by atoms with Crippen LogP contribution in [0.4, 0.5) is 11.8 Å². The van der Waals surface area contributed by atoms with Crippen LogP contribution in [0.1, 0.15) is 34.9 Å². The first-order chi connectivity index (χ1) is 12.1. The summed E-state index contributed by atoms with van der Waals surface area (Å²) in [7, 11) is 3.47. The van der Waals surface area contributed by atoms with Gasteiger partial charge in [-0.15, -0.1) is 0 Å². The van der Waals surface area contributed by atoms with E-state index < -0.39 is 0 Å². The topological polar surface area (TPSA) is 81.2 Å². The molecule has 1 unspecified atom stereocenters. The molecular formula is C18H25N5O2. The number of hydrogen-bond donors (Lipinski definition) is 2. The summed E-state index contributed by atoms with van der Waals surface area (Å²) >= 11 is 0. The molecule has 1 aliphatic rings. The maximum atomic E-state index is 5.49. The highest BCUT2D eigenvalue weighted by molar-refractivity contribution is 5.45. The third kappa shape index (κ3) is 3.99. The Balaban J connectivity index is 1.82. The second-order valence-electron chi connectivity index (χ2n) is 6.23. The zero-order valence-electron chi connectivity index (χ0n) is 15.2. The van der Waals surface area contributed by atoms with Crippen LogP contribution < -0.4 is 15.4 Å². The molecule has 1 aliphatic heterocycles. The first-order valence-corrected chi connectivity index (χ1v) is 8.50. The minimum atomic E-state index is 0.327. The number of aryl methyl sites for hydroxylation is 2. The molecule has 2 N–H and O–H groups in total. The van der Waals surface area contributed by atoms with Gasteiger partial charge in [0.25, 0.3) is 0 Å². The molecule has 3 heterocycles. The highest BCUT2D eigenvalue weighted by atomic mass is 16.5. The molecule has 7 nitrogen and oxygen atoms in total. The van der Waals surface area contributed by atoms with E-state index in [2.05, 4.69) is 38.6 Å². The van der Waals surface area contributed by atoms with Crippen LogP contribution in [0.25, 0.3) is 0 Å². The molecule has 0 bridgehead atoms. The molecule has 3 rings (SSSR count). The number of aromatic nitrogens is 3. The summed E-state index contributed by atoms with van der Waals surface area (Å²) in [5.41, 5.74) is 4.12. The Kier molecular flexibility index (Phi) is 5.33. The second kappa shape index (κ2) is 7.65. The van der Waals surface area contributed by atoms with E-state index in [1.54, 1.807) is 7.11 Å². The first kappa shape index (κ1) is 17.4. The molecule has 0 amide bonds. The minimum Gasteiger partial charge on any atom is -0.481 e. The summed E-state index contributed by atoms with van der Waals surface area (Å²) in [5, 5.41) is 6.41. The molecular weight excluding hydrogens is 318 g/mol. The van der Waals surface area contributed by atoms with E-state index in [9.17, 15) is 0 Å². The Morgan fingerprint density at radius 2 is 2.08 bits per heavy atom. The molecule has 2 aromatic heterocycles. The minimum absolute atomic E-state index is 0.327. The summed E-state index contributed by atoms with van der Waals surface area (Å²) < 4.78 is 10.9. The van der Waals surface area contributed by atoms with Crippen molar-refractivity contribution in [2.75, 3.05) is 38.0 Å². The van der Waals surface area contributed by atoms with Gasteiger partial charge in [0, 0.05) is 43.4 Å². The fraction of sp³-hybridized carbons (Fsp3) is 0.500. The molecule has 0 spiro atoms. The van der Waals surface area contributed by atoms with Crippen LogP contribution in [0.15, 0.2) is 12.1 Å². The summed E-state index contributed by atoms with van der Waals surface area (Å²) in [5.74, 6) is 2.37. The fourth-order valence-corrected chi connectivity index (χ4v) is 3.04. The lowest BCUT2D eigenvalue weighted by Gasteiger charge is -2.15. The summed E-state index contributed by atoms with van der Waals surface area (Å²) in [6.45, 7) is 6.12. The molecule has 0 aliphatic carbocycles. The van der Waals surface area contributed by atoms with E-state index in [0.29, 0.717) is 30.9 Å². The van der Waals surface area contributed by atoms with Crippen molar-refractivity contribution in [3.8, 4) is 5.88 Å². The van der Waals surface area contributed by atoms with E-state index in [-0.39, 0.29) is 0 Å². The van der Waals surface area contributed by atoms with Gasteiger partial charge >= 0.3 is 0 Å². The van der Waals surface area contributed by atoms with E-state index >= 15 is 0 Å². The molecule has 7 heteroatoms. The van der Waals surface area contributed by atoms with Crippen molar-refractivity contribution >= 4 is 11.8 Å². The van der Waals surface area contributed by atoms with Gasteiger partial charge in [0.05, 0.1) is 19.4 Å². The monoisotopic (exact) mass is 343 g/mol. The quantitative estimate of drug-likeness (QED) is 0.834. The van der Waals surface area contributed by atoms with E-state index in [0.717, 1.165) is 41.4 Å². The summed E-state index contributed by atoms with van der Waals surface area (Å²) in [4.78, 5) is 13.5. The second-order valence-corrected chi connectivity index (χ2v) is 6.23. The molecule has 1 saturated heterocycles. The smallest absolute Gasteiger partial charge is 0.224 e. The number of anilines is 2. The van der Waals surface area contributed by atoms with Gasteiger partial charge in [-0.05, 0) is 31.9 Å². The lowest BCUT2D eigenvalue weighted by molar-refractivity contribution is 0.193. The lowest BCUT2D eigenvalue weighted by atomic mass is 10.0. The predicted molar refractivity (Wildman–Crippen MR) is 97.3 cm³/mol. The van der Waals surface area contributed by atoms with E-state index in [1.807, 2.05) is 20.0 Å². The van der Waals surface area contributed by atoms with Crippen LogP contribution in [0.2, 0.25) is 0 Å². The molecule has 134 valence electrons. The predicted octanol–water partition coefficient (Wildman–Crippen LogP) is 2.65. The van der Waals surface area contributed by atoms with Crippen LogP contribution in [0.5, 0.6) is 5.88 Å². The standard InChI is InChI=1S/C18H25N5O2/c1-11-7-12(2)21-17(24-4)14(11)9-20-16-8-15(13-5-6-25-10-13)22-18(19-3)23-16/h7-8,13H,5-6,9-10H2,1-4H3,(H2,19,20,22,23). The van der Waals surface area contributed by atoms with Crippen molar-refractivity contribution in [1.29, 1.82) is 0 Å². The van der Waals surface area contributed by atoms with Crippen molar-refractivity contribution in [2.24, 2.45) is 0 Å². The zero-order chi connectivity index (χ0) is 17.8. The molecule has 0 radical (unpaired) electrons. The first-order valence-electron chi connectivity index (χ1n) is 8.50. The zero-order valence-corrected chi connectivity index (χ0v) is 15.2. The number of nitrogens with zero attached hydrogens (tertiary/aromatic N) is 3. The van der Waals surface area contributed by atoms with Gasteiger partial charge in [0.15, 0.2) is 0 Å². The van der Waals surface area contributed by atoms with Gasteiger partial charge in [-0.1, -0.05) is 0 Å². The van der Waals surface area contributed by atoms with Crippen molar-refractivity contribution < 1.29 is 9.47 Å². The molecule has 1 fully saturated rings. The molecule has 0 saturated carbocycles. The van der Waals surface area contributed by atoms with Gasteiger partial charge in [-0.3, -0.25) is 0 Å². The average Bonchev–Trinajstić information content (AvgIpc) is 3.14. The van der Waals surface area contributed by atoms with Gasteiger partial charge < -0.3 is 20.1 Å². The highest BCUT2D eigenvalue weighted by Gasteiger charge is 2.21. The lowest BCUT2D eigenvalue weighted by Crippen LogP contribution is -2.11. The summed E-state index contributed by atoms with van der Waals surface area (Å²) in [6.07, 6.45) is 0.994. The Morgan fingerprint density at radius 1 is 1.24 bits per heavy atom. The third-order valence-corrected chi connectivity index (χ3v) is 4.39. The molecule has 25 heavy (non-hydrogen) atoms. The third-order valence-electron chi connectivity index (χ3n) is 4.39. The van der Waals surface area contributed by atoms with Gasteiger partial charge in [0.2, 0.25) is 11.8 Å². The van der Waals surface area contributed by atoms with Crippen molar-refractivity contribution in [3.05, 3.63) is 34.6 Å². The Hall–Kier alpha value is -2.41. The Morgan fingerprint density at radius 3 is 2.76 bits per heavy atom.